The minimum absolute atomic E-state index is 0.0202. The van der Waals surface area contributed by atoms with Gasteiger partial charge in [0.25, 0.3) is 5.91 Å². The Morgan fingerprint density at radius 1 is 1.18 bits per heavy atom. The molecule has 34 heavy (non-hydrogen) atoms. The van der Waals surface area contributed by atoms with E-state index in [9.17, 15) is 18.8 Å². The molecule has 8 nitrogen and oxygen atoms in total. The largest absolute Gasteiger partial charge is 0.497 e. The SMILES string of the molecule is COC(=O)c1sc(N2C(=O)c3oc4ccc(F)cc4c(=O)c3C2c2cccc(OC)c2)nc1C. The summed E-state index contributed by atoms with van der Waals surface area (Å²) in [6, 6.07) is 9.50. The number of thiazole rings is 1. The molecule has 0 fully saturated rings. The van der Waals surface area contributed by atoms with Crippen LogP contribution >= 0.6 is 11.3 Å². The fourth-order valence-corrected chi connectivity index (χ4v) is 5.05. The highest BCUT2D eigenvalue weighted by Crippen LogP contribution is 2.43. The number of methoxy groups -OCH3 is 2. The quantitative estimate of drug-likeness (QED) is 0.403. The van der Waals surface area contributed by atoms with E-state index in [2.05, 4.69) is 4.98 Å². The van der Waals surface area contributed by atoms with Crippen LogP contribution in [0.5, 0.6) is 5.75 Å². The van der Waals surface area contributed by atoms with Gasteiger partial charge in [-0.25, -0.2) is 14.2 Å². The van der Waals surface area contributed by atoms with Crippen LogP contribution in [0.1, 0.15) is 43.1 Å². The Labute approximate surface area is 196 Å². The first kappa shape index (κ1) is 21.8. The summed E-state index contributed by atoms with van der Waals surface area (Å²) in [7, 11) is 2.76. The smallest absolute Gasteiger partial charge is 0.350 e. The summed E-state index contributed by atoms with van der Waals surface area (Å²) in [5.41, 5.74) is 0.563. The van der Waals surface area contributed by atoms with Crippen molar-refractivity contribution in [2.75, 3.05) is 19.1 Å². The molecular weight excluding hydrogens is 463 g/mol. The van der Waals surface area contributed by atoms with Gasteiger partial charge in [-0.1, -0.05) is 23.5 Å². The lowest BCUT2D eigenvalue weighted by atomic mass is 9.98. The van der Waals surface area contributed by atoms with Crippen LogP contribution in [0.3, 0.4) is 0 Å². The first-order chi connectivity index (χ1) is 16.3. The lowest BCUT2D eigenvalue weighted by Gasteiger charge is -2.22. The molecule has 2 aromatic carbocycles. The van der Waals surface area contributed by atoms with Crippen LogP contribution in [0.25, 0.3) is 11.0 Å². The summed E-state index contributed by atoms with van der Waals surface area (Å²) >= 11 is 0.969. The van der Waals surface area contributed by atoms with E-state index in [1.807, 2.05) is 0 Å². The van der Waals surface area contributed by atoms with Gasteiger partial charge in [-0.2, -0.15) is 0 Å². The third-order valence-electron chi connectivity index (χ3n) is 5.60. The first-order valence-electron chi connectivity index (χ1n) is 10.1. The summed E-state index contributed by atoms with van der Waals surface area (Å²) in [4.78, 5) is 45.3. The van der Waals surface area contributed by atoms with E-state index in [0.717, 1.165) is 23.5 Å². The van der Waals surface area contributed by atoms with Crippen molar-refractivity contribution in [3.63, 3.8) is 0 Å². The van der Waals surface area contributed by atoms with Gasteiger partial charge in [-0.3, -0.25) is 14.5 Å². The number of anilines is 1. The third kappa shape index (κ3) is 3.26. The van der Waals surface area contributed by atoms with Gasteiger partial charge in [0.2, 0.25) is 5.76 Å². The minimum Gasteiger partial charge on any atom is -0.497 e. The molecule has 1 amide bonds. The topological polar surface area (TPSA) is 98.9 Å². The monoisotopic (exact) mass is 480 g/mol. The van der Waals surface area contributed by atoms with E-state index >= 15 is 0 Å². The average molecular weight is 480 g/mol. The molecule has 0 aliphatic carbocycles. The number of hydrogen-bond donors (Lipinski definition) is 0. The third-order valence-corrected chi connectivity index (χ3v) is 6.74. The lowest BCUT2D eigenvalue weighted by molar-refractivity contribution is 0.0605. The van der Waals surface area contributed by atoms with Crippen molar-refractivity contribution in [1.82, 2.24) is 4.98 Å². The Hall–Kier alpha value is -4.05. The molecule has 0 bridgehead atoms. The second kappa shape index (κ2) is 8.07. The molecule has 10 heteroatoms. The number of benzene rings is 2. The summed E-state index contributed by atoms with van der Waals surface area (Å²) in [5, 5.41) is 0.212. The fraction of sp³-hybridized carbons (Fsp3) is 0.167. The van der Waals surface area contributed by atoms with Gasteiger partial charge in [0, 0.05) is 0 Å². The number of carbonyl (C=O) groups excluding carboxylic acids is 2. The van der Waals surface area contributed by atoms with Crippen LogP contribution in [0.4, 0.5) is 9.52 Å². The van der Waals surface area contributed by atoms with E-state index in [1.165, 1.54) is 25.2 Å². The zero-order valence-corrected chi connectivity index (χ0v) is 19.1. The molecule has 1 atom stereocenters. The number of fused-ring (bicyclic) bond motifs is 2. The van der Waals surface area contributed by atoms with Crippen LogP contribution in [0, 0.1) is 12.7 Å². The Bertz CT molecular complexity index is 1540. The maximum absolute atomic E-state index is 13.9. The number of amides is 1. The van der Waals surface area contributed by atoms with Crippen molar-refractivity contribution >= 4 is 39.3 Å². The summed E-state index contributed by atoms with van der Waals surface area (Å²) < 4.78 is 29.9. The molecule has 1 unspecified atom stereocenters. The predicted molar refractivity (Wildman–Crippen MR) is 122 cm³/mol. The van der Waals surface area contributed by atoms with E-state index < -0.39 is 29.2 Å². The van der Waals surface area contributed by atoms with Gasteiger partial charge < -0.3 is 13.9 Å². The molecule has 5 rings (SSSR count). The Morgan fingerprint density at radius 2 is 1.97 bits per heavy atom. The van der Waals surface area contributed by atoms with Gasteiger partial charge in [0.1, 0.15) is 22.0 Å². The molecule has 4 aromatic rings. The van der Waals surface area contributed by atoms with Gasteiger partial charge in [0.05, 0.1) is 36.9 Å². The first-order valence-corrected chi connectivity index (χ1v) is 10.9. The highest BCUT2D eigenvalue weighted by atomic mass is 32.1. The maximum Gasteiger partial charge on any atom is 0.350 e. The van der Waals surface area contributed by atoms with Crippen molar-refractivity contribution in [3.05, 3.63) is 86.0 Å². The summed E-state index contributed by atoms with van der Waals surface area (Å²) in [6.45, 7) is 1.63. The molecule has 2 aromatic heterocycles. The zero-order chi connectivity index (χ0) is 24.1. The number of esters is 1. The predicted octanol–water partition coefficient (Wildman–Crippen LogP) is 4.24. The molecule has 0 N–H and O–H groups in total. The molecule has 0 saturated carbocycles. The molecule has 1 aliphatic heterocycles. The van der Waals surface area contributed by atoms with E-state index in [-0.39, 0.29) is 32.3 Å². The van der Waals surface area contributed by atoms with Gasteiger partial charge in [-0.15, -0.1) is 0 Å². The van der Waals surface area contributed by atoms with E-state index in [1.54, 1.807) is 31.2 Å². The molecular formula is C24H17FN2O6S. The van der Waals surface area contributed by atoms with E-state index in [0.29, 0.717) is 17.0 Å². The average Bonchev–Trinajstić information content (AvgIpc) is 3.36. The Morgan fingerprint density at radius 3 is 2.71 bits per heavy atom. The highest BCUT2D eigenvalue weighted by molar-refractivity contribution is 7.17. The van der Waals surface area contributed by atoms with Crippen LogP contribution < -0.4 is 15.1 Å². The van der Waals surface area contributed by atoms with Crippen LogP contribution in [-0.2, 0) is 4.74 Å². The second-order valence-corrected chi connectivity index (χ2v) is 8.55. The highest BCUT2D eigenvalue weighted by Gasteiger charge is 2.45. The minimum atomic E-state index is -0.933. The number of rotatable bonds is 4. The van der Waals surface area contributed by atoms with Crippen LogP contribution in [0.15, 0.2) is 51.7 Å². The number of aromatic nitrogens is 1. The second-order valence-electron chi connectivity index (χ2n) is 7.57. The summed E-state index contributed by atoms with van der Waals surface area (Å²) in [6.07, 6.45) is 0. The molecule has 172 valence electrons. The number of ether oxygens (including phenoxy) is 2. The van der Waals surface area contributed by atoms with Crippen molar-refractivity contribution in [3.8, 4) is 5.75 Å². The van der Waals surface area contributed by atoms with Crippen molar-refractivity contribution in [2.45, 2.75) is 13.0 Å². The van der Waals surface area contributed by atoms with Crippen LogP contribution in [-0.4, -0.2) is 31.1 Å². The lowest BCUT2D eigenvalue weighted by Crippen LogP contribution is -2.29. The standard InChI is InChI=1S/C24H17FN2O6S/c1-11-21(23(30)32-3)34-24(26-11)27-18(12-5-4-6-14(9-12)31-2)17-19(28)15-10-13(25)7-8-16(15)33-20(17)22(27)29/h4-10,18H,1-3H3. The molecule has 3 heterocycles. The van der Waals surface area contributed by atoms with Crippen molar-refractivity contribution in [2.24, 2.45) is 0 Å². The Balaban J connectivity index is 1.79. The number of halogens is 1. The molecule has 1 aliphatic rings. The van der Waals surface area contributed by atoms with Crippen molar-refractivity contribution in [1.29, 1.82) is 0 Å². The summed E-state index contributed by atoms with van der Waals surface area (Å²) in [5.74, 6) is -1.43. The van der Waals surface area contributed by atoms with Gasteiger partial charge in [0.15, 0.2) is 10.6 Å². The normalized spacial score (nSPS) is 15.0. The Kier molecular flexibility index (Phi) is 5.17. The van der Waals surface area contributed by atoms with Crippen LogP contribution in [0.2, 0.25) is 0 Å². The molecule has 0 radical (unpaired) electrons. The zero-order valence-electron chi connectivity index (χ0n) is 18.2. The molecule has 0 spiro atoms. The number of hydrogen-bond acceptors (Lipinski definition) is 8. The van der Waals surface area contributed by atoms with Crippen molar-refractivity contribution < 1.29 is 27.9 Å². The van der Waals surface area contributed by atoms with E-state index in [4.69, 9.17) is 13.9 Å². The number of aryl methyl sites for hydroxylation is 1. The number of carbonyl (C=O) groups is 2. The maximum atomic E-state index is 13.9. The fourth-order valence-electron chi connectivity index (χ4n) is 4.04. The van der Waals surface area contributed by atoms with Gasteiger partial charge >= 0.3 is 5.97 Å². The number of nitrogens with zero attached hydrogens (tertiary/aromatic N) is 2. The van der Waals surface area contributed by atoms with Gasteiger partial charge in [-0.05, 0) is 42.8 Å². The molecule has 0 saturated heterocycles.